The van der Waals surface area contributed by atoms with Gasteiger partial charge in [-0.3, -0.25) is 19.1 Å². The molecule has 4 aromatic rings. The third-order valence-electron chi connectivity index (χ3n) is 4.65. The number of amides is 1. The van der Waals surface area contributed by atoms with Gasteiger partial charge in [0.05, 0.1) is 5.75 Å². The molecule has 2 heterocycles. The fourth-order valence-corrected chi connectivity index (χ4v) is 4.11. The van der Waals surface area contributed by atoms with Crippen molar-refractivity contribution in [2.45, 2.75) is 17.9 Å². The third-order valence-corrected chi connectivity index (χ3v) is 5.83. The molecule has 15 heteroatoms. The van der Waals surface area contributed by atoms with E-state index >= 15 is 0 Å². The predicted molar refractivity (Wildman–Crippen MR) is 129 cm³/mol. The number of ether oxygens (including phenoxy) is 1. The SMILES string of the molecule is O=C(CSc1nnc(Cc2cc(=O)[nH]c(=O)[nH]2)n1-c1ccc(Cl)cc1)Nc1ccc(OC(F)(F)F)cc1. The van der Waals surface area contributed by atoms with Gasteiger partial charge in [0, 0.05) is 34.6 Å². The van der Waals surface area contributed by atoms with E-state index < -0.39 is 29.3 Å². The molecule has 10 nitrogen and oxygen atoms in total. The van der Waals surface area contributed by atoms with E-state index in [1.807, 2.05) is 0 Å². The molecule has 0 unspecified atom stereocenters. The van der Waals surface area contributed by atoms with Crippen LogP contribution in [-0.2, 0) is 11.2 Å². The van der Waals surface area contributed by atoms with Crippen LogP contribution in [0.2, 0.25) is 5.02 Å². The average Bonchev–Trinajstić information content (AvgIpc) is 3.20. The zero-order valence-electron chi connectivity index (χ0n) is 18.5. The number of halogens is 4. The minimum absolute atomic E-state index is 0.0634. The standard InChI is InChI=1S/C22H16ClF3N6O4S/c23-12-1-5-15(6-2-12)32-17(9-14-10-18(33)29-20(35)28-14)30-31-21(32)37-11-19(34)27-13-3-7-16(8-4-13)36-22(24,25)26/h1-8,10H,9,11H2,(H,27,34)(H2,28,29,33,35). The van der Waals surface area contributed by atoms with Crippen LogP contribution in [-0.4, -0.2) is 42.8 Å². The van der Waals surface area contributed by atoms with Crippen LogP contribution < -0.4 is 21.3 Å². The highest BCUT2D eigenvalue weighted by molar-refractivity contribution is 7.99. The van der Waals surface area contributed by atoms with E-state index in [2.05, 4.69) is 30.2 Å². The molecule has 0 aliphatic carbocycles. The Balaban J connectivity index is 1.50. The van der Waals surface area contributed by atoms with Gasteiger partial charge in [-0.1, -0.05) is 23.4 Å². The van der Waals surface area contributed by atoms with Crippen LogP contribution in [0.15, 0.2) is 69.3 Å². The molecule has 3 N–H and O–H groups in total. The molecule has 1 amide bonds. The van der Waals surface area contributed by atoms with Gasteiger partial charge in [-0.15, -0.1) is 23.4 Å². The zero-order chi connectivity index (χ0) is 26.6. The van der Waals surface area contributed by atoms with Crippen molar-refractivity contribution < 1.29 is 22.7 Å². The number of aromatic amines is 2. The molecule has 0 saturated heterocycles. The summed E-state index contributed by atoms with van der Waals surface area (Å²) in [6.07, 6.45) is -4.75. The molecule has 0 saturated carbocycles. The van der Waals surface area contributed by atoms with Gasteiger partial charge >= 0.3 is 12.1 Å². The molecule has 4 rings (SSSR count). The van der Waals surface area contributed by atoms with Gasteiger partial charge in [-0.2, -0.15) is 0 Å². The molecule has 2 aromatic carbocycles. The van der Waals surface area contributed by atoms with Crippen LogP contribution in [0.5, 0.6) is 5.75 Å². The first kappa shape index (κ1) is 26.0. The summed E-state index contributed by atoms with van der Waals surface area (Å²) in [6.45, 7) is 0. The number of nitrogens with one attached hydrogen (secondary N) is 3. The first-order valence-electron chi connectivity index (χ1n) is 10.4. The monoisotopic (exact) mass is 552 g/mol. The number of thioether (sulfide) groups is 1. The van der Waals surface area contributed by atoms with Gasteiger partial charge in [-0.25, -0.2) is 4.79 Å². The fourth-order valence-electron chi connectivity index (χ4n) is 3.21. The van der Waals surface area contributed by atoms with Crippen molar-refractivity contribution in [2.24, 2.45) is 0 Å². The van der Waals surface area contributed by atoms with E-state index in [9.17, 15) is 27.6 Å². The Morgan fingerprint density at radius 1 is 1.05 bits per heavy atom. The third kappa shape index (κ3) is 7.24. The molecule has 0 aliphatic rings. The van der Waals surface area contributed by atoms with Crippen molar-refractivity contribution in [3.05, 3.63) is 92.0 Å². The number of carbonyl (C=O) groups is 1. The van der Waals surface area contributed by atoms with E-state index in [-0.39, 0.29) is 17.9 Å². The highest BCUT2D eigenvalue weighted by Gasteiger charge is 2.31. The molecule has 0 aliphatic heterocycles. The zero-order valence-corrected chi connectivity index (χ0v) is 20.1. The Morgan fingerprint density at radius 2 is 1.76 bits per heavy atom. The molecular formula is C22H16ClF3N6O4S. The molecule has 0 radical (unpaired) electrons. The maximum absolute atomic E-state index is 12.5. The minimum Gasteiger partial charge on any atom is -0.406 e. The summed E-state index contributed by atoms with van der Waals surface area (Å²) in [5, 5.41) is 11.7. The molecule has 192 valence electrons. The van der Waals surface area contributed by atoms with Gasteiger partial charge < -0.3 is 15.0 Å². The van der Waals surface area contributed by atoms with Gasteiger partial charge in [0.15, 0.2) is 5.16 Å². The second-order valence-corrected chi connectivity index (χ2v) is 8.79. The lowest BCUT2D eigenvalue weighted by atomic mass is 10.2. The van der Waals surface area contributed by atoms with Crippen LogP contribution >= 0.6 is 23.4 Å². The summed E-state index contributed by atoms with van der Waals surface area (Å²) in [5.74, 6) is -0.577. The summed E-state index contributed by atoms with van der Waals surface area (Å²) in [7, 11) is 0. The van der Waals surface area contributed by atoms with Crippen LogP contribution in [0.25, 0.3) is 5.69 Å². The highest BCUT2D eigenvalue weighted by Crippen LogP contribution is 2.26. The number of hydrogen-bond donors (Lipinski definition) is 3. The predicted octanol–water partition coefficient (Wildman–Crippen LogP) is 3.52. The van der Waals surface area contributed by atoms with Gasteiger partial charge in [0.25, 0.3) is 5.56 Å². The first-order chi connectivity index (χ1) is 17.6. The highest BCUT2D eigenvalue weighted by atomic mass is 35.5. The lowest BCUT2D eigenvalue weighted by Gasteiger charge is -2.11. The number of alkyl halides is 3. The maximum atomic E-state index is 12.5. The molecule has 0 spiro atoms. The van der Waals surface area contributed by atoms with Crippen LogP contribution in [0, 0.1) is 0 Å². The number of aromatic nitrogens is 5. The van der Waals surface area contributed by atoms with Gasteiger partial charge in [-0.05, 0) is 48.5 Å². The van der Waals surface area contributed by atoms with Crippen molar-refractivity contribution in [3.8, 4) is 11.4 Å². The largest absolute Gasteiger partial charge is 0.573 e. The maximum Gasteiger partial charge on any atom is 0.573 e. The van der Waals surface area contributed by atoms with E-state index in [4.69, 9.17) is 11.6 Å². The van der Waals surface area contributed by atoms with Crippen LogP contribution in [0.1, 0.15) is 11.5 Å². The Kier molecular flexibility index (Phi) is 7.69. The van der Waals surface area contributed by atoms with Crippen LogP contribution in [0.3, 0.4) is 0 Å². The van der Waals surface area contributed by atoms with Gasteiger partial charge in [0.2, 0.25) is 5.91 Å². The number of nitrogens with zero attached hydrogens (tertiary/aromatic N) is 3. The Bertz CT molecular complexity index is 1490. The topological polar surface area (TPSA) is 135 Å². The normalized spacial score (nSPS) is 11.4. The van der Waals surface area contributed by atoms with Crippen molar-refractivity contribution >= 4 is 35.0 Å². The molecular weight excluding hydrogens is 537 g/mol. The second-order valence-electron chi connectivity index (χ2n) is 7.41. The van der Waals surface area contributed by atoms with Crippen molar-refractivity contribution in [1.29, 1.82) is 0 Å². The van der Waals surface area contributed by atoms with E-state index in [0.29, 0.717) is 27.4 Å². The summed E-state index contributed by atoms with van der Waals surface area (Å²) >= 11 is 7.05. The Labute approximate surface area is 214 Å². The quantitative estimate of drug-likeness (QED) is 0.285. The van der Waals surface area contributed by atoms with Crippen LogP contribution in [0.4, 0.5) is 18.9 Å². The first-order valence-corrected chi connectivity index (χ1v) is 11.7. The fraction of sp³-hybridized carbons (Fsp3) is 0.136. The lowest BCUT2D eigenvalue weighted by molar-refractivity contribution is -0.274. The number of rotatable bonds is 8. The number of hydrogen-bond acceptors (Lipinski definition) is 7. The second kappa shape index (κ2) is 10.9. The number of H-pyrrole nitrogens is 2. The number of anilines is 1. The van der Waals surface area contributed by atoms with E-state index in [0.717, 1.165) is 23.9 Å². The Hall–Kier alpha value is -4.04. The number of carbonyl (C=O) groups excluding carboxylic acids is 1. The molecule has 37 heavy (non-hydrogen) atoms. The summed E-state index contributed by atoms with van der Waals surface area (Å²) < 4.78 is 42.4. The molecule has 2 aromatic heterocycles. The summed E-state index contributed by atoms with van der Waals surface area (Å²) in [4.78, 5) is 40.4. The smallest absolute Gasteiger partial charge is 0.406 e. The molecule has 0 fully saturated rings. The average molecular weight is 553 g/mol. The number of benzene rings is 2. The lowest BCUT2D eigenvalue weighted by Crippen LogP contribution is -2.23. The van der Waals surface area contributed by atoms with Crippen molar-refractivity contribution in [1.82, 2.24) is 24.7 Å². The molecule has 0 bridgehead atoms. The van der Waals surface area contributed by atoms with Gasteiger partial charge in [0.1, 0.15) is 11.6 Å². The van der Waals surface area contributed by atoms with Crippen molar-refractivity contribution in [2.75, 3.05) is 11.1 Å². The molecule has 0 atom stereocenters. The van der Waals surface area contributed by atoms with Crippen molar-refractivity contribution in [3.63, 3.8) is 0 Å². The summed E-state index contributed by atoms with van der Waals surface area (Å²) in [6, 6.07) is 12.7. The summed E-state index contributed by atoms with van der Waals surface area (Å²) in [5.41, 5.74) is -0.0218. The Morgan fingerprint density at radius 3 is 2.41 bits per heavy atom. The minimum atomic E-state index is -4.81. The van der Waals surface area contributed by atoms with E-state index in [1.165, 1.54) is 18.2 Å². The van der Waals surface area contributed by atoms with E-state index in [1.54, 1.807) is 28.8 Å².